The van der Waals surface area contributed by atoms with Gasteiger partial charge in [-0.25, -0.2) is 8.57 Å². The van der Waals surface area contributed by atoms with Crippen molar-refractivity contribution in [3.63, 3.8) is 0 Å². The van der Waals surface area contributed by atoms with Crippen molar-refractivity contribution in [1.29, 1.82) is 0 Å². The molecule has 5 heteroatoms. The average molecular weight is 291 g/mol. The van der Waals surface area contributed by atoms with Gasteiger partial charge in [0.2, 0.25) is 0 Å². The zero-order valence-electron chi connectivity index (χ0n) is 12.2. The van der Waals surface area contributed by atoms with Gasteiger partial charge in [0.05, 0.1) is 9.73 Å². The van der Waals surface area contributed by atoms with E-state index in [1.54, 1.807) is 13.3 Å². The third kappa shape index (κ3) is 3.14. The highest BCUT2D eigenvalue weighted by Gasteiger charge is 2.20. The minimum absolute atomic E-state index is 0.196. The van der Waals surface area contributed by atoms with Crippen molar-refractivity contribution in [2.45, 2.75) is 17.9 Å². The lowest BCUT2D eigenvalue weighted by Crippen LogP contribution is -2.50. The summed E-state index contributed by atoms with van der Waals surface area (Å²) in [5, 5.41) is 3.36. The molecule has 0 aliphatic carbocycles. The Kier molecular flexibility index (Phi) is 4.69. The van der Waals surface area contributed by atoms with Gasteiger partial charge in [0.25, 0.3) is 0 Å². The molecular formula is C15H21N3OS. The number of benzene rings is 1. The fourth-order valence-corrected chi connectivity index (χ4v) is 3.16. The first-order chi connectivity index (χ1) is 9.58. The summed E-state index contributed by atoms with van der Waals surface area (Å²) in [6, 6.07) is 8.03. The van der Waals surface area contributed by atoms with E-state index in [4.69, 9.17) is 0 Å². The molecule has 1 N–H and O–H groups in total. The van der Waals surface area contributed by atoms with Crippen molar-refractivity contribution in [1.82, 2.24) is 5.32 Å². The number of hydrogen-bond donors (Lipinski definition) is 1. The molecule has 0 radical (unpaired) electrons. The van der Waals surface area contributed by atoms with E-state index in [0.717, 1.165) is 30.2 Å². The minimum atomic E-state index is -2.25. The third-order valence-corrected chi connectivity index (χ3v) is 5.35. The Labute approximate surface area is 121 Å². The second kappa shape index (κ2) is 6.29. The Morgan fingerprint density at radius 3 is 2.70 bits per heavy atom. The zero-order chi connectivity index (χ0) is 14.6. The molecule has 108 valence electrons. The van der Waals surface area contributed by atoms with Gasteiger partial charge in [-0.05, 0) is 31.2 Å². The van der Waals surface area contributed by atoms with Crippen LogP contribution in [0.5, 0.6) is 0 Å². The Bertz CT molecular complexity index is 633. The Balaban J connectivity index is 2.28. The molecule has 0 bridgehead atoms. The Hall–Kier alpha value is -1.51. The first-order valence-corrected chi connectivity index (χ1v) is 8.61. The van der Waals surface area contributed by atoms with Gasteiger partial charge < -0.3 is 10.2 Å². The molecule has 2 rings (SSSR count). The van der Waals surface area contributed by atoms with Crippen LogP contribution in [-0.4, -0.2) is 43.2 Å². The maximum absolute atomic E-state index is 12.2. The summed E-state index contributed by atoms with van der Waals surface area (Å²) in [5.41, 5.74) is 1.12. The van der Waals surface area contributed by atoms with Crippen LogP contribution in [0.25, 0.3) is 0 Å². The molecule has 1 aliphatic heterocycles. The molecule has 2 atom stereocenters. The van der Waals surface area contributed by atoms with Crippen LogP contribution < -0.4 is 10.2 Å². The topological polar surface area (TPSA) is 44.7 Å². The first-order valence-electron chi connectivity index (χ1n) is 6.68. The van der Waals surface area contributed by atoms with Crippen LogP contribution in [0.15, 0.2) is 33.5 Å². The standard InChI is InChI=1S/C15H21N3OS/c1-4-5-14-12-17-10-11-18(14)13-6-8-15(9-7-13)20(3,19)16-2/h6-9,14,17H,10-12H2,1-3H3/t14-,20?/m0/s1. The first kappa shape index (κ1) is 14.9. The van der Waals surface area contributed by atoms with Gasteiger partial charge >= 0.3 is 0 Å². The van der Waals surface area contributed by atoms with Crippen molar-refractivity contribution in [2.24, 2.45) is 4.36 Å². The van der Waals surface area contributed by atoms with Crippen LogP contribution in [-0.2, 0) is 9.73 Å². The molecule has 1 fully saturated rings. The van der Waals surface area contributed by atoms with Crippen LogP contribution in [0.1, 0.15) is 6.92 Å². The van der Waals surface area contributed by atoms with E-state index in [1.807, 2.05) is 31.2 Å². The number of nitrogens with one attached hydrogen (secondary N) is 1. The molecule has 20 heavy (non-hydrogen) atoms. The molecule has 0 amide bonds. The second-order valence-electron chi connectivity index (χ2n) is 4.79. The molecule has 1 unspecified atom stereocenters. The SMILES string of the molecule is CC#C[C@H]1CNCCN1c1ccc(S(C)(=O)=NC)cc1. The van der Waals surface area contributed by atoms with Crippen LogP contribution in [0.3, 0.4) is 0 Å². The van der Waals surface area contributed by atoms with Gasteiger partial charge in [-0.15, -0.1) is 5.92 Å². The fourth-order valence-electron chi connectivity index (χ4n) is 2.30. The van der Waals surface area contributed by atoms with E-state index >= 15 is 0 Å². The number of piperazine rings is 1. The monoisotopic (exact) mass is 291 g/mol. The fraction of sp³-hybridized carbons (Fsp3) is 0.467. The van der Waals surface area contributed by atoms with Gasteiger partial charge in [0.1, 0.15) is 6.04 Å². The van der Waals surface area contributed by atoms with Gasteiger partial charge in [-0.1, -0.05) is 5.92 Å². The van der Waals surface area contributed by atoms with E-state index in [-0.39, 0.29) is 6.04 Å². The highest BCUT2D eigenvalue weighted by molar-refractivity contribution is 7.93. The number of rotatable bonds is 2. The van der Waals surface area contributed by atoms with Crippen molar-refractivity contribution in [3.8, 4) is 11.8 Å². The molecule has 0 aromatic heterocycles. The lowest BCUT2D eigenvalue weighted by molar-refractivity contribution is 0.538. The largest absolute Gasteiger partial charge is 0.355 e. The lowest BCUT2D eigenvalue weighted by atomic mass is 10.1. The smallest absolute Gasteiger partial charge is 0.103 e. The summed E-state index contributed by atoms with van der Waals surface area (Å²) < 4.78 is 16.2. The summed E-state index contributed by atoms with van der Waals surface area (Å²) in [7, 11) is -0.657. The van der Waals surface area contributed by atoms with Crippen molar-refractivity contribution < 1.29 is 4.21 Å². The van der Waals surface area contributed by atoms with Crippen LogP contribution in [0.2, 0.25) is 0 Å². The Morgan fingerprint density at radius 2 is 2.10 bits per heavy atom. The van der Waals surface area contributed by atoms with E-state index in [1.165, 1.54) is 0 Å². The molecular weight excluding hydrogens is 270 g/mol. The maximum atomic E-state index is 12.2. The molecule has 0 spiro atoms. The summed E-state index contributed by atoms with van der Waals surface area (Å²) >= 11 is 0. The van der Waals surface area contributed by atoms with Crippen LogP contribution >= 0.6 is 0 Å². The van der Waals surface area contributed by atoms with Crippen molar-refractivity contribution in [3.05, 3.63) is 24.3 Å². The van der Waals surface area contributed by atoms with Gasteiger partial charge in [-0.2, -0.15) is 0 Å². The Morgan fingerprint density at radius 1 is 1.40 bits per heavy atom. The highest BCUT2D eigenvalue weighted by atomic mass is 32.2. The maximum Gasteiger partial charge on any atom is 0.103 e. The molecule has 1 saturated heterocycles. The van der Waals surface area contributed by atoms with Gasteiger partial charge in [-0.3, -0.25) is 0 Å². The van der Waals surface area contributed by atoms with Crippen molar-refractivity contribution >= 4 is 15.4 Å². The molecule has 1 aliphatic rings. The number of anilines is 1. The van der Waals surface area contributed by atoms with Crippen LogP contribution in [0.4, 0.5) is 5.69 Å². The summed E-state index contributed by atoms with van der Waals surface area (Å²) in [6.07, 6.45) is 1.66. The van der Waals surface area contributed by atoms with Gasteiger partial charge in [0, 0.05) is 43.5 Å². The molecule has 1 aromatic rings. The third-order valence-electron chi connectivity index (χ3n) is 3.51. The van der Waals surface area contributed by atoms with Gasteiger partial charge in [0.15, 0.2) is 0 Å². The number of hydrogen-bond acceptors (Lipinski definition) is 4. The van der Waals surface area contributed by atoms with E-state index in [2.05, 4.69) is 26.4 Å². The van der Waals surface area contributed by atoms with E-state index < -0.39 is 9.73 Å². The number of nitrogens with zero attached hydrogens (tertiary/aromatic N) is 2. The molecule has 1 aromatic carbocycles. The summed E-state index contributed by atoms with van der Waals surface area (Å²) in [4.78, 5) is 3.06. The predicted octanol–water partition coefficient (Wildman–Crippen LogP) is 1.57. The minimum Gasteiger partial charge on any atom is -0.355 e. The molecule has 4 nitrogen and oxygen atoms in total. The van der Waals surface area contributed by atoms with Crippen LogP contribution in [0, 0.1) is 11.8 Å². The second-order valence-corrected chi connectivity index (χ2v) is 7.23. The predicted molar refractivity (Wildman–Crippen MR) is 84.6 cm³/mol. The van der Waals surface area contributed by atoms with Crippen molar-refractivity contribution in [2.75, 3.05) is 37.8 Å². The summed E-state index contributed by atoms with van der Waals surface area (Å²) in [5.74, 6) is 6.22. The highest BCUT2D eigenvalue weighted by Crippen LogP contribution is 2.21. The zero-order valence-corrected chi connectivity index (χ0v) is 13.0. The normalized spacial score (nSPS) is 21.6. The van der Waals surface area contributed by atoms with E-state index in [9.17, 15) is 4.21 Å². The van der Waals surface area contributed by atoms with E-state index in [0.29, 0.717) is 0 Å². The lowest BCUT2D eigenvalue weighted by Gasteiger charge is -2.35. The molecule has 1 heterocycles. The molecule has 0 saturated carbocycles. The summed E-state index contributed by atoms with van der Waals surface area (Å²) in [6.45, 7) is 4.62. The quantitative estimate of drug-likeness (QED) is 0.841. The average Bonchev–Trinajstić information content (AvgIpc) is 2.48.